The summed E-state index contributed by atoms with van der Waals surface area (Å²) in [7, 11) is -0.917. The molecule has 0 amide bonds. The second-order valence-electron chi connectivity index (χ2n) is 5.14. The number of fused-ring (bicyclic) bond motifs is 2. The Kier molecular flexibility index (Phi) is 1.54. The van der Waals surface area contributed by atoms with Crippen molar-refractivity contribution in [1.82, 2.24) is 0 Å². The van der Waals surface area contributed by atoms with E-state index < -0.39 is 8.07 Å². The Bertz CT molecular complexity index is 197. The topological polar surface area (TPSA) is 0 Å². The molecule has 1 heteroatoms. The quantitative estimate of drug-likeness (QED) is 0.525. The minimum absolute atomic E-state index is 0.917. The van der Waals surface area contributed by atoms with Crippen LogP contribution in [0.4, 0.5) is 0 Å². The lowest BCUT2D eigenvalue weighted by atomic mass is 10.1. The number of hydrogen-bond donors (Lipinski definition) is 0. The lowest BCUT2D eigenvalue weighted by Crippen LogP contribution is -2.27. The summed E-state index contributed by atoms with van der Waals surface area (Å²) in [5.41, 5.74) is 0. The highest BCUT2D eigenvalue weighted by molar-refractivity contribution is 6.83. The molecule has 0 aromatic rings. The fourth-order valence-electron chi connectivity index (χ4n) is 2.70. The first-order chi connectivity index (χ1) is 5.07. The normalized spacial score (nSPS) is 36.1. The van der Waals surface area contributed by atoms with Gasteiger partial charge in [0.05, 0.1) is 8.07 Å². The third-order valence-electron chi connectivity index (χ3n) is 3.19. The molecule has 11 heavy (non-hydrogen) atoms. The highest BCUT2D eigenvalue weighted by Crippen LogP contribution is 2.46. The molecule has 2 atom stereocenters. The fourth-order valence-corrected chi connectivity index (χ4v) is 4.93. The van der Waals surface area contributed by atoms with Crippen molar-refractivity contribution in [3.8, 4) is 0 Å². The van der Waals surface area contributed by atoms with Gasteiger partial charge in [0.15, 0.2) is 0 Å². The van der Waals surface area contributed by atoms with E-state index in [9.17, 15) is 0 Å². The predicted octanol–water partition coefficient (Wildman–Crippen LogP) is 3.22. The summed E-state index contributed by atoms with van der Waals surface area (Å²) in [6.07, 6.45) is 7.10. The Hall–Kier alpha value is -0.0431. The minimum atomic E-state index is -0.917. The summed E-state index contributed by atoms with van der Waals surface area (Å²) in [5, 5.41) is 1.88. The van der Waals surface area contributed by atoms with E-state index in [2.05, 4.69) is 25.7 Å². The molecule has 0 aromatic carbocycles. The molecule has 0 aromatic heterocycles. The van der Waals surface area contributed by atoms with Crippen molar-refractivity contribution in [2.75, 3.05) is 0 Å². The van der Waals surface area contributed by atoms with Gasteiger partial charge in [0.1, 0.15) is 0 Å². The Morgan fingerprint density at radius 2 is 2.00 bits per heavy atom. The zero-order valence-electron chi connectivity index (χ0n) is 7.85. The second-order valence-corrected chi connectivity index (χ2v) is 10.2. The molecule has 0 heterocycles. The van der Waals surface area contributed by atoms with Crippen LogP contribution in [0.15, 0.2) is 11.3 Å². The minimum Gasteiger partial charge on any atom is -0.0858 e. The lowest BCUT2D eigenvalue weighted by molar-refractivity contribution is 0.679. The highest BCUT2D eigenvalue weighted by Gasteiger charge is 2.37. The summed E-state index contributed by atoms with van der Waals surface area (Å²) >= 11 is 0. The van der Waals surface area contributed by atoms with Gasteiger partial charge in [-0.25, -0.2) is 0 Å². The summed E-state index contributed by atoms with van der Waals surface area (Å²) in [6.45, 7) is 7.46. The molecule has 1 fully saturated rings. The van der Waals surface area contributed by atoms with Crippen LogP contribution in [-0.4, -0.2) is 8.07 Å². The molecule has 0 saturated heterocycles. The predicted molar refractivity (Wildman–Crippen MR) is 52.3 cm³/mol. The third kappa shape index (κ3) is 1.20. The van der Waals surface area contributed by atoms with Gasteiger partial charge in [-0.1, -0.05) is 30.9 Å². The van der Waals surface area contributed by atoms with Crippen molar-refractivity contribution in [3.63, 3.8) is 0 Å². The van der Waals surface area contributed by atoms with Gasteiger partial charge in [0, 0.05) is 0 Å². The molecule has 0 aliphatic heterocycles. The van der Waals surface area contributed by atoms with Gasteiger partial charge in [0.2, 0.25) is 0 Å². The molecule has 0 unspecified atom stereocenters. The first-order valence-corrected chi connectivity index (χ1v) is 8.29. The smallest absolute Gasteiger partial charge is 0.0724 e. The number of rotatable bonds is 1. The van der Waals surface area contributed by atoms with E-state index in [1.54, 1.807) is 0 Å². The van der Waals surface area contributed by atoms with Crippen LogP contribution in [0.25, 0.3) is 0 Å². The Labute approximate surface area is 70.7 Å². The van der Waals surface area contributed by atoms with Crippen molar-refractivity contribution in [3.05, 3.63) is 11.3 Å². The lowest BCUT2D eigenvalue weighted by Gasteiger charge is -2.25. The fraction of sp³-hybridized carbons (Fsp3) is 0.800. The second kappa shape index (κ2) is 2.22. The monoisotopic (exact) mass is 166 g/mol. The van der Waals surface area contributed by atoms with Crippen LogP contribution in [0.2, 0.25) is 19.6 Å². The van der Waals surface area contributed by atoms with E-state index in [1.165, 1.54) is 19.3 Å². The standard InChI is InChI=1S/C10H18Si/c1-11(2,3)10-7-8-4-5-9(10)6-8/h7-9H,4-6H2,1-3H3/t8-,9+/m0/s1. The summed E-state index contributed by atoms with van der Waals surface area (Å²) < 4.78 is 0. The molecule has 62 valence electrons. The van der Waals surface area contributed by atoms with Gasteiger partial charge in [-0.15, -0.1) is 0 Å². The third-order valence-corrected chi connectivity index (χ3v) is 5.50. The Morgan fingerprint density at radius 1 is 1.27 bits per heavy atom. The van der Waals surface area contributed by atoms with Gasteiger partial charge in [-0.2, -0.15) is 0 Å². The molecular formula is C10H18Si. The van der Waals surface area contributed by atoms with Crippen LogP contribution in [0, 0.1) is 11.8 Å². The van der Waals surface area contributed by atoms with Gasteiger partial charge >= 0.3 is 0 Å². The van der Waals surface area contributed by atoms with Crippen LogP contribution in [0.5, 0.6) is 0 Å². The van der Waals surface area contributed by atoms with E-state index in [4.69, 9.17) is 0 Å². The van der Waals surface area contributed by atoms with Crippen LogP contribution >= 0.6 is 0 Å². The van der Waals surface area contributed by atoms with Gasteiger partial charge < -0.3 is 0 Å². The van der Waals surface area contributed by atoms with E-state index in [0.29, 0.717) is 0 Å². The summed E-state index contributed by atoms with van der Waals surface area (Å²) in [4.78, 5) is 0. The molecule has 0 radical (unpaired) electrons. The molecular weight excluding hydrogens is 148 g/mol. The zero-order chi connectivity index (χ0) is 8.06. The first-order valence-electron chi connectivity index (χ1n) is 4.79. The average molecular weight is 166 g/mol. The summed E-state index contributed by atoms with van der Waals surface area (Å²) in [6, 6.07) is 0. The number of hydrogen-bond acceptors (Lipinski definition) is 0. The van der Waals surface area contributed by atoms with Crippen LogP contribution in [0.3, 0.4) is 0 Å². The van der Waals surface area contributed by atoms with E-state index in [1.807, 2.05) is 5.20 Å². The SMILES string of the molecule is C[Si](C)(C)C1=C[C@H]2CC[C@@H]1C2. The number of allylic oxidation sites excluding steroid dienone is 2. The molecule has 0 spiro atoms. The van der Waals surface area contributed by atoms with E-state index in [-0.39, 0.29) is 0 Å². The van der Waals surface area contributed by atoms with Crippen molar-refractivity contribution >= 4 is 8.07 Å². The molecule has 1 saturated carbocycles. The Balaban J connectivity index is 2.23. The zero-order valence-corrected chi connectivity index (χ0v) is 8.85. The summed E-state index contributed by atoms with van der Waals surface area (Å²) in [5.74, 6) is 2.01. The van der Waals surface area contributed by atoms with Gasteiger partial charge in [-0.05, 0) is 31.1 Å². The Morgan fingerprint density at radius 3 is 2.27 bits per heavy atom. The molecule has 0 N–H and O–H groups in total. The molecule has 2 bridgehead atoms. The van der Waals surface area contributed by atoms with E-state index >= 15 is 0 Å². The molecule has 2 aliphatic rings. The molecule has 2 rings (SSSR count). The van der Waals surface area contributed by atoms with Crippen LogP contribution in [0.1, 0.15) is 19.3 Å². The molecule has 2 aliphatic carbocycles. The highest BCUT2D eigenvalue weighted by atomic mass is 28.3. The van der Waals surface area contributed by atoms with E-state index in [0.717, 1.165) is 11.8 Å². The van der Waals surface area contributed by atoms with Crippen molar-refractivity contribution in [2.24, 2.45) is 11.8 Å². The maximum absolute atomic E-state index is 2.61. The van der Waals surface area contributed by atoms with Gasteiger partial charge in [-0.3, -0.25) is 0 Å². The average Bonchev–Trinajstić information content (AvgIpc) is 2.42. The van der Waals surface area contributed by atoms with Gasteiger partial charge in [0.25, 0.3) is 0 Å². The van der Waals surface area contributed by atoms with Crippen molar-refractivity contribution < 1.29 is 0 Å². The maximum atomic E-state index is 2.61. The molecule has 0 nitrogen and oxygen atoms in total. The largest absolute Gasteiger partial charge is 0.0858 e. The van der Waals surface area contributed by atoms with Crippen LogP contribution < -0.4 is 0 Å². The van der Waals surface area contributed by atoms with Crippen molar-refractivity contribution in [1.29, 1.82) is 0 Å². The maximum Gasteiger partial charge on any atom is 0.0724 e. The van der Waals surface area contributed by atoms with Crippen LogP contribution in [-0.2, 0) is 0 Å². The van der Waals surface area contributed by atoms with Crippen molar-refractivity contribution in [2.45, 2.75) is 38.9 Å². The first kappa shape index (κ1) is 7.60.